The minimum absolute atomic E-state index is 0.00977. The zero-order valence-electron chi connectivity index (χ0n) is 17.0. The molecule has 2 unspecified atom stereocenters. The fourth-order valence-electron chi connectivity index (χ4n) is 3.92. The third kappa shape index (κ3) is 3.80. The summed E-state index contributed by atoms with van der Waals surface area (Å²) >= 11 is 6.10. The Balaban J connectivity index is 1.59. The molecule has 2 aromatic rings. The maximum atomic E-state index is 12.9. The average molecular weight is 429 g/mol. The predicted molar refractivity (Wildman–Crippen MR) is 120 cm³/mol. The van der Waals surface area contributed by atoms with Gasteiger partial charge in [-0.3, -0.25) is 4.79 Å². The largest absolute Gasteiger partial charge is 0.388 e. The van der Waals surface area contributed by atoms with Gasteiger partial charge in [-0.05, 0) is 31.0 Å². The number of rotatable bonds is 5. The number of hydrogen-bond acceptors (Lipinski definition) is 6. The lowest BCUT2D eigenvalue weighted by Gasteiger charge is -2.32. The van der Waals surface area contributed by atoms with Crippen molar-refractivity contribution in [2.75, 3.05) is 37.5 Å². The van der Waals surface area contributed by atoms with Crippen LogP contribution in [-0.4, -0.2) is 62.2 Å². The molecule has 8 nitrogen and oxygen atoms in total. The van der Waals surface area contributed by atoms with Crippen LogP contribution < -0.4 is 15.5 Å². The monoisotopic (exact) mass is 428 g/mol. The van der Waals surface area contributed by atoms with E-state index in [4.69, 9.17) is 21.7 Å². The first-order valence-corrected chi connectivity index (χ1v) is 10.3. The molecular weight excluding hydrogens is 404 g/mol. The highest BCUT2D eigenvalue weighted by molar-refractivity contribution is 6.31. The van der Waals surface area contributed by atoms with E-state index in [9.17, 15) is 4.79 Å². The number of nitrogens with one attached hydrogen (secondary N) is 4. The minimum Gasteiger partial charge on any atom is -0.388 e. The van der Waals surface area contributed by atoms with Crippen molar-refractivity contribution in [2.45, 2.75) is 24.9 Å². The van der Waals surface area contributed by atoms with Crippen molar-refractivity contribution >= 4 is 46.6 Å². The summed E-state index contributed by atoms with van der Waals surface area (Å²) in [6.07, 6.45) is 5.23. The Morgan fingerprint density at radius 3 is 2.97 bits per heavy atom. The lowest BCUT2D eigenvalue weighted by Crippen LogP contribution is -2.44. The molecule has 1 saturated heterocycles. The number of ether oxygens (including phenoxy) is 1. The molecule has 0 spiro atoms. The fraction of sp³-hybridized carbons (Fsp3) is 0.381. The van der Waals surface area contributed by atoms with Gasteiger partial charge in [-0.2, -0.15) is 0 Å². The third-order valence-electron chi connectivity index (χ3n) is 5.52. The summed E-state index contributed by atoms with van der Waals surface area (Å²) < 4.78 is 5.46. The van der Waals surface area contributed by atoms with Gasteiger partial charge in [0.25, 0.3) is 5.91 Å². The number of aromatic amines is 1. The highest BCUT2D eigenvalue weighted by Crippen LogP contribution is 2.36. The van der Waals surface area contributed by atoms with Crippen molar-refractivity contribution in [3.05, 3.63) is 40.5 Å². The molecule has 2 atom stereocenters. The number of fused-ring (bicyclic) bond motifs is 1. The highest BCUT2D eigenvalue weighted by atomic mass is 35.5. The molecule has 4 rings (SSSR count). The van der Waals surface area contributed by atoms with Gasteiger partial charge in [0.05, 0.1) is 29.6 Å². The van der Waals surface area contributed by atoms with E-state index in [1.165, 1.54) is 0 Å². The Labute approximate surface area is 180 Å². The number of hydrogen-bond donors (Lipinski definition) is 4. The van der Waals surface area contributed by atoms with Crippen LogP contribution in [0.15, 0.2) is 29.4 Å². The molecule has 1 fully saturated rings. The Morgan fingerprint density at radius 2 is 2.23 bits per heavy atom. The number of aromatic nitrogens is 1. The van der Waals surface area contributed by atoms with Gasteiger partial charge in [0.2, 0.25) is 0 Å². The van der Waals surface area contributed by atoms with Gasteiger partial charge >= 0.3 is 0 Å². The predicted octanol–water partition coefficient (Wildman–Crippen LogP) is 3.21. The van der Waals surface area contributed by atoms with Crippen LogP contribution in [0.5, 0.6) is 0 Å². The SMILES string of the molecule is CNc1cc(Cl)ccc1C(=N)C1C=Nc2[nH]cc(C(=O)NC3CCCOC3)c2N1C. The second-order valence-electron chi connectivity index (χ2n) is 7.47. The molecule has 2 aliphatic rings. The van der Waals surface area contributed by atoms with E-state index < -0.39 is 6.04 Å². The first-order chi connectivity index (χ1) is 14.5. The summed E-state index contributed by atoms with van der Waals surface area (Å²) in [7, 11) is 3.66. The van der Waals surface area contributed by atoms with E-state index in [-0.39, 0.29) is 11.9 Å². The number of aliphatic imine (C=N–C) groups is 1. The number of amides is 1. The normalized spacial score (nSPS) is 20.6. The summed E-state index contributed by atoms with van der Waals surface area (Å²) in [5.41, 5.74) is 3.05. The van der Waals surface area contributed by atoms with E-state index in [1.54, 1.807) is 31.6 Å². The lowest BCUT2D eigenvalue weighted by atomic mass is 9.99. The van der Waals surface area contributed by atoms with Crippen molar-refractivity contribution in [1.82, 2.24) is 10.3 Å². The number of likely N-dealkylation sites (N-methyl/N-ethyl adjacent to an activating group) is 1. The fourth-order valence-corrected chi connectivity index (χ4v) is 4.09. The maximum absolute atomic E-state index is 12.9. The number of benzene rings is 1. The first kappa shape index (κ1) is 20.4. The van der Waals surface area contributed by atoms with Crippen LogP contribution >= 0.6 is 11.6 Å². The van der Waals surface area contributed by atoms with Crippen LogP contribution in [0.2, 0.25) is 5.02 Å². The molecule has 158 valence electrons. The Bertz CT molecular complexity index is 995. The average Bonchev–Trinajstić information content (AvgIpc) is 3.19. The van der Waals surface area contributed by atoms with Crippen molar-refractivity contribution in [3.63, 3.8) is 0 Å². The van der Waals surface area contributed by atoms with Crippen molar-refractivity contribution < 1.29 is 9.53 Å². The number of nitrogens with zero attached hydrogens (tertiary/aromatic N) is 2. The Hall–Kier alpha value is -2.84. The van der Waals surface area contributed by atoms with Gasteiger partial charge in [0.1, 0.15) is 6.04 Å². The zero-order chi connectivity index (χ0) is 21.3. The molecule has 3 heterocycles. The van der Waals surface area contributed by atoms with Gasteiger partial charge in [-0.1, -0.05) is 11.6 Å². The summed E-state index contributed by atoms with van der Waals surface area (Å²) in [5, 5.41) is 15.5. The van der Waals surface area contributed by atoms with E-state index in [0.29, 0.717) is 34.4 Å². The van der Waals surface area contributed by atoms with Gasteiger partial charge in [-0.15, -0.1) is 0 Å². The second-order valence-corrected chi connectivity index (χ2v) is 7.91. The maximum Gasteiger partial charge on any atom is 0.255 e. The van der Waals surface area contributed by atoms with Crippen molar-refractivity contribution in [1.29, 1.82) is 5.41 Å². The summed E-state index contributed by atoms with van der Waals surface area (Å²) in [5.74, 6) is 0.441. The van der Waals surface area contributed by atoms with Crippen LogP contribution in [-0.2, 0) is 4.74 Å². The zero-order valence-corrected chi connectivity index (χ0v) is 17.7. The van der Waals surface area contributed by atoms with Crippen LogP contribution in [0, 0.1) is 5.41 Å². The molecular formula is C21H25ClN6O2. The molecule has 1 aromatic carbocycles. The standard InChI is InChI=1S/C21H25ClN6O2/c1-24-16-8-12(22)5-6-14(16)18(23)17-10-26-20-19(28(17)2)15(9-25-20)21(29)27-13-4-3-7-30-11-13/h5-6,8-10,13,17,23-25H,3-4,7,11H2,1-2H3,(H,27,29). The quantitative estimate of drug-likeness (QED) is 0.548. The van der Waals surface area contributed by atoms with Crippen LogP contribution in [0.25, 0.3) is 0 Å². The Kier molecular flexibility index (Phi) is 5.78. The molecule has 0 bridgehead atoms. The molecule has 0 aliphatic carbocycles. The van der Waals surface area contributed by atoms with Gasteiger partial charge in [-0.25, -0.2) is 4.99 Å². The van der Waals surface area contributed by atoms with Crippen LogP contribution in [0.1, 0.15) is 28.8 Å². The third-order valence-corrected chi connectivity index (χ3v) is 5.76. The van der Waals surface area contributed by atoms with Gasteiger partial charge in [0, 0.05) is 49.4 Å². The summed E-state index contributed by atoms with van der Waals surface area (Å²) in [6, 6.07) is 4.96. The van der Waals surface area contributed by atoms with E-state index >= 15 is 0 Å². The number of H-pyrrole nitrogens is 1. The number of anilines is 2. The molecule has 0 radical (unpaired) electrons. The molecule has 0 saturated carbocycles. The van der Waals surface area contributed by atoms with Crippen LogP contribution in [0.4, 0.5) is 17.2 Å². The highest BCUT2D eigenvalue weighted by Gasteiger charge is 2.31. The topological polar surface area (TPSA) is 106 Å². The second kappa shape index (κ2) is 8.49. The van der Waals surface area contributed by atoms with Crippen molar-refractivity contribution in [3.8, 4) is 0 Å². The van der Waals surface area contributed by atoms with E-state index in [1.807, 2.05) is 18.0 Å². The molecule has 30 heavy (non-hydrogen) atoms. The first-order valence-electron chi connectivity index (χ1n) is 9.92. The summed E-state index contributed by atoms with van der Waals surface area (Å²) in [4.78, 5) is 22.4. The smallest absolute Gasteiger partial charge is 0.255 e. The van der Waals surface area contributed by atoms with E-state index in [0.717, 1.165) is 30.7 Å². The lowest BCUT2D eigenvalue weighted by molar-refractivity contribution is 0.0624. The number of carbonyl (C=O) groups is 1. The van der Waals surface area contributed by atoms with Gasteiger partial charge in [0.15, 0.2) is 5.82 Å². The minimum atomic E-state index is -0.425. The molecule has 2 aliphatic heterocycles. The van der Waals surface area contributed by atoms with E-state index in [2.05, 4.69) is 20.6 Å². The molecule has 1 aromatic heterocycles. The summed E-state index contributed by atoms with van der Waals surface area (Å²) in [6.45, 7) is 1.27. The number of carbonyl (C=O) groups excluding carboxylic acids is 1. The molecule has 1 amide bonds. The van der Waals surface area contributed by atoms with Crippen molar-refractivity contribution in [2.24, 2.45) is 4.99 Å². The molecule has 4 N–H and O–H groups in total. The van der Waals surface area contributed by atoms with Gasteiger partial charge < -0.3 is 30.7 Å². The molecule has 9 heteroatoms. The van der Waals surface area contributed by atoms with Crippen LogP contribution in [0.3, 0.4) is 0 Å². The number of halogens is 1. The Morgan fingerprint density at radius 1 is 1.40 bits per heavy atom.